The predicted octanol–water partition coefficient (Wildman–Crippen LogP) is 0.139. The van der Waals surface area contributed by atoms with E-state index in [1.807, 2.05) is 13.8 Å². The van der Waals surface area contributed by atoms with Gasteiger partial charge in [-0.25, -0.2) is 0 Å². The second kappa shape index (κ2) is 7.75. The van der Waals surface area contributed by atoms with Gasteiger partial charge in [0.15, 0.2) is 0 Å². The highest BCUT2D eigenvalue weighted by molar-refractivity contribution is 8.93. The molecule has 0 aromatic rings. The first-order valence-corrected chi connectivity index (χ1v) is 4.18. The van der Waals surface area contributed by atoms with E-state index < -0.39 is 17.9 Å². The summed E-state index contributed by atoms with van der Waals surface area (Å²) in [6.45, 7) is 3.53. The lowest BCUT2D eigenvalue weighted by molar-refractivity contribution is -0.138. The van der Waals surface area contributed by atoms with Crippen LogP contribution >= 0.6 is 17.0 Å². The van der Waals surface area contributed by atoms with E-state index in [0.717, 1.165) is 0 Å². The van der Waals surface area contributed by atoms with Gasteiger partial charge in [-0.2, -0.15) is 0 Å². The molecule has 84 valence electrons. The Labute approximate surface area is 93.8 Å². The maximum Gasteiger partial charge on any atom is 0.322 e. The number of rotatable bonds is 5. The summed E-state index contributed by atoms with van der Waals surface area (Å²) in [5.74, 6) is -1.15. The van der Waals surface area contributed by atoms with Crippen molar-refractivity contribution in [3.05, 3.63) is 0 Å². The van der Waals surface area contributed by atoms with Crippen LogP contribution in [0.1, 0.15) is 20.3 Å². The van der Waals surface area contributed by atoms with Crippen molar-refractivity contribution in [2.24, 2.45) is 11.7 Å². The van der Waals surface area contributed by atoms with Gasteiger partial charge in [-0.15, -0.1) is 17.0 Å². The van der Waals surface area contributed by atoms with Crippen LogP contribution in [0.25, 0.3) is 0 Å². The highest BCUT2D eigenvalue weighted by Crippen LogP contribution is 2.01. The van der Waals surface area contributed by atoms with E-state index in [9.17, 15) is 9.59 Å². The normalized spacial score (nSPS) is 11.7. The zero-order valence-corrected chi connectivity index (χ0v) is 10.0. The van der Waals surface area contributed by atoms with Crippen LogP contribution < -0.4 is 11.1 Å². The van der Waals surface area contributed by atoms with Crippen LogP contribution in [0.5, 0.6) is 0 Å². The van der Waals surface area contributed by atoms with E-state index in [2.05, 4.69) is 5.32 Å². The fraction of sp³-hybridized carbons (Fsp3) is 0.750. The van der Waals surface area contributed by atoms with E-state index in [1.165, 1.54) is 0 Å². The number of hydrogen-bond donors (Lipinski definition) is 3. The number of amides is 1. The van der Waals surface area contributed by atoms with Gasteiger partial charge in [-0.05, 0) is 12.3 Å². The summed E-state index contributed by atoms with van der Waals surface area (Å²) in [5.41, 5.74) is 5.50. The third-order valence-corrected chi connectivity index (χ3v) is 1.48. The molecular formula is C8H17BrN2O3. The summed E-state index contributed by atoms with van der Waals surface area (Å²) in [7, 11) is 0. The number of aliphatic carboxylic acids is 1. The molecular weight excluding hydrogens is 252 g/mol. The Morgan fingerprint density at radius 3 is 2.29 bits per heavy atom. The first-order valence-electron chi connectivity index (χ1n) is 4.18. The Morgan fingerprint density at radius 2 is 1.93 bits per heavy atom. The van der Waals surface area contributed by atoms with Crippen LogP contribution in [0, 0.1) is 5.92 Å². The van der Waals surface area contributed by atoms with Crippen molar-refractivity contribution in [1.29, 1.82) is 0 Å². The van der Waals surface area contributed by atoms with Gasteiger partial charge >= 0.3 is 5.97 Å². The molecule has 0 aromatic heterocycles. The zero-order valence-electron chi connectivity index (χ0n) is 8.32. The monoisotopic (exact) mass is 268 g/mol. The molecule has 5 nitrogen and oxygen atoms in total. The number of nitrogens with two attached hydrogens (primary N) is 1. The molecule has 0 heterocycles. The van der Waals surface area contributed by atoms with Crippen molar-refractivity contribution in [1.82, 2.24) is 5.32 Å². The summed E-state index contributed by atoms with van der Waals surface area (Å²) >= 11 is 0. The molecule has 1 atom stereocenters. The fourth-order valence-corrected chi connectivity index (χ4v) is 0.909. The molecule has 0 aliphatic heterocycles. The lowest BCUT2D eigenvalue weighted by atomic mass is 10.0. The van der Waals surface area contributed by atoms with Gasteiger partial charge in [-0.1, -0.05) is 13.8 Å². The van der Waals surface area contributed by atoms with Crippen LogP contribution in [0.3, 0.4) is 0 Å². The molecule has 14 heavy (non-hydrogen) atoms. The Bertz CT molecular complexity index is 197. The molecule has 0 aliphatic rings. The Hall–Kier alpha value is -0.620. The lowest BCUT2D eigenvalue weighted by Gasteiger charge is -2.12. The van der Waals surface area contributed by atoms with Gasteiger partial charge in [-0.3, -0.25) is 9.59 Å². The number of carbonyl (C=O) groups is 2. The summed E-state index contributed by atoms with van der Waals surface area (Å²) in [6.07, 6.45) is 0.561. The quantitative estimate of drug-likeness (QED) is 0.661. The third-order valence-electron chi connectivity index (χ3n) is 1.48. The Morgan fingerprint density at radius 1 is 1.43 bits per heavy atom. The van der Waals surface area contributed by atoms with Crippen LogP contribution in [0.15, 0.2) is 0 Å². The highest BCUT2D eigenvalue weighted by atomic mass is 79.9. The standard InChI is InChI=1S/C8H16N2O3.BrH/c1-5(2)3-6(9)8(13)10-4-7(11)12;/h5-6H,3-4,9H2,1-2H3,(H,10,13)(H,11,12);1H/t6-;/m0./s1. The minimum Gasteiger partial charge on any atom is -0.480 e. The van der Waals surface area contributed by atoms with E-state index in [1.54, 1.807) is 0 Å². The average Bonchev–Trinajstić information content (AvgIpc) is 1.98. The van der Waals surface area contributed by atoms with Crippen molar-refractivity contribution < 1.29 is 14.7 Å². The second-order valence-electron chi connectivity index (χ2n) is 3.35. The lowest BCUT2D eigenvalue weighted by Crippen LogP contribution is -2.43. The van der Waals surface area contributed by atoms with E-state index >= 15 is 0 Å². The molecule has 4 N–H and O–H groups in total. The van der Waals surface area contributed by atoms with Gasteiger partial charge in [0.25, 0.3) is 0 Å². The summed E-state index contributed by atoms with van der Waals surface area (Å²) < 4.78 is 0. The number of carboxylic acid groups (broad SMARTS) is 1. The molecule has 1 amide bonds. The van der Waals surface area contributed by atoms with Crippen molar-refractivity contribution in [2.75, 3.05) is 6.54 Å². The topological polar surface area (TPSA) is 92.4 Å². The SMILES string of the molecule is Br.CC(C)C[C@H](N)C(=O)NCC(=O)O. The fourth-order valence-electron chi connectivity index (χ4n) is 0.909. The number of carbonyl (C=O) groups excluding carboxylic acids is 1. The first kappa shape index (κ1) is 15.8. The minimum atomic E-state index is -1.06. The minimum absolute atomic E-state index is 0. The van der Waals surface area contributed by atoms with Crippen molar-refractivity contribution >= 4 is 28.9 Å². The van der Waals surface area contributed by atoms with Gasteiger partial charge in [0.1, 0.15) is 6.54 Å². The van der Waals surface area contributed by atoms with Gasteiger partial charge in [0, 0.05) is 0 Å². The van der Waals surface area contributed by atoms with Crippen LogP contribution in [-0.2, 0) is 9.59 Å². The molecule has 0 bridgehead atoms. The Kier molecular flexibility index (Phi) is 8.77. The predicted molar refractivity (Wildman–Crippen MR) is 58.4 cm³/mol. The summed E-state index contributed by atoms with van der Waals surface area (Å²) in [4.78, 5) is 21.2. The molecule has 0 unspecified atom stereocenters. The first-order chi connectivity index (χ1) is 5.93. The second-order valence-corrected chi connectivity index (χ2v) is 3.35. The van der Waals surface area contributed by atoms with Gasteiger partial charge in [0.05, 0.1) is 6.04 Å². The van der Waals surface area contributed by atoms with Crippen molar-refractivity contribution in [3.8, 4) is 0 Å². The van der Waals surface area contributed by atoms with Crippen molar-refractivity contribution in [2.45, 2.75) is 26.3 Å². The van der Waals surface area contributed by atoms with Crippen LogP contribution in [0.4, 0.5) is 0 Å². The van der Waals surface area contributed by atoms with Crippen LogP contribution in [0.2, 0.25) is 0 Å². The number of hydrogen-bond acceptors (Lipinski definition) is 3. The highest BCUT2D eigenvalue weighted by Gasteiger charge is 2.14. The van der Waals surface area contributed by atoms with E-state index in [-0.39, 0.29) is 23.5 Å². The molecule has 0 saturated heterocycles. The van der Waals surface area contributed by atoms with Gasteiger partial charge in [0.2, 0.25) is 5.91 Å². The third kappa shape index (κ3) is 8.00. The van der Waals surface area contributed by atoms with E-state index in [4.69, 9.17) is 10.8 Å². The zero-order chi connectivity index (χ0) is 10.4. The molecule has 0 rings (SSSR count). The Balaban J connectivity index is 0. The van der Waals surface area contributed by atoms with Crippen LogP contribution in [-0.4, -0.2) is 29.6 Å². The van der Waals surface area contributed by atoms with Crippen molar-refractivity contribution in [3.63, 3.8) is 0 Å². The largest absolute Gasteiger partial charge is 0.480 e. The van der Waals surface area contributed by atoms with E-state index in [0.29, 0.717) is 12.3 Å². The molecule has 6 heteroatoms. The molecule has 0 radical (unpaired) electrons. The summed E-state index contributed by atoms with van der Waals surface area (Å²) in [5, 5.41) is 10.5. The molecule has 0 aliphatic carbocycles. The molecule has 0 fully saturated rings. The maximum atomic E-state index is 11.1. The number of halogens is 1. The average molecular weight is 269 g/mol. The molecule has 0 aromatic carbocycles. The maximum absolute atomic E-state index is 11.1. The number of carboxylic acids is 1. The number of nitrogens with one attached hydrogen (secondary N) is 1. The summed E-state index contributed by atoms with van der Waals surface area (Å²) in [6, 6.07) is -0.612. The van der Waals surface area contributed by atoms with Gasteiger partial charge < -0.3 is 16.2 Å². The molecule has 0 spiro atoms. The smallest absolute Gasteiger partial charge is 0.322 e. The molecule has 0 saturated carbocycles.